The standard InChI is InChI=1S/C29H38N10O7S/c1-18-22-17-33-28(35-26(22)39(20-5-3-4-6-20)27(42)25(18)19(2)40)34-23-8-7-21(16-32-23)37-10-12-38(13-11-37)47(44,45)36-29(43)46-14-9-31-24(41)15-30/h7-8,16-17,20H,3-6,9-15,30H2,1-2H3,(H,31,41)(H,36,43)(H,32,33,34,35). The van der Waals surface area contributed by atoms with Crippen LogP contribution in [-0.2, 0) is 19.7 Å². The predicted octanol–water partition coefficient (Wildman–Crippen LogP) is 0.724. The van der Waals surface area contributed by atoms with Crippen molar-refractivity contribution in [1.82, 2.24) is 33.9 Å². The van der Waals surface area contributed by atoms with Crippen LogP contribution in [0.4, 0.5) is 22.2 Å². The number of anilines is 3. The van der Waals surface area contributed by atoms with E-state index in [2.05, 4.69) is 25.6 Å². The van der Waals surface area contributed by atoms with Crippen LogP contribution in [0.25, 0.3) is 11.0 Å². The molecule has 2 aliphatic rings. The normalized spacial score (nSPS) is 15.9. The van der Waals surface area contributed by atoms with Gasteiger partial charge in [-0.25, -0.2) is 19.5 Å². The summed E-state index contributed by atoms with van der Waals surface area (Å²) in [5, 5.41) is 6.15. The van der Waals surface area contributed by atoms with Crippen molar-refractivity contribution in [2.45, 2.75) is 45.6 Å². The highest BCUT2D eigenvalue weighted by Crippen LogP contribution is 2.32. The van der Waals surface area contributed by atoms with E-state index in [-0.39, 0.29) is 61.7 Å². The Labute approximate surface area is 271 Å². The van der Waals surface area contributed by atoms with Gasteiger partial charge in [0.25, 0.3) is 5.56 Å². The average Bonchev–Trinajstić information content (AvgIpc) is 3.57. The van der Waals surface area contributed by atoms with Crippen LogP contribution >= 0.6 is 0 Å². The summed E-state index contributed by atoms with van der Waals surface area (Å²) in [4.78, 5) is 64.4. The van der Waals surface area contributed by atoms with E-state index in [4.69, 9.17) is 10.5 Å². The number of nitrogens with one attached hydrogen (secondary N) is 3. The zero-order valence-electron chi connectivity index (χ0n) is 26.2. The Morgan fingerprint density at radius 2 is 1.79 bits per heavy atom. The molecule has 0 unspecified atom stereocenters. The number of rotatable bonds is 11. The molecule has 1 aliphatic heterocycles. The van der Waals surface area contributed by atoms with E-state index in [1.165, 1.54) is 6.92 Å². The SMILES string of the molecule is CC(=O)c1c(C)c2cnc(Nc3ccc(N4CCN(S(=O)(=O)NC(=O)OCCNC(=O)CN)CC4)cn3)nc2n(C2CCCC2)c1=O. The number of pyridine rings is 2. The number of Topliss-reactive ketones (excluding diaryl/α,β-unsaturated/α-hetero) is 1. The number of ketones is 1. The molecule has 0 radical (unpaired) electrons. The van der Waals surface area contributed by atoms with Gasteiger partial charge in [-0.1, -0.05) is 12.8 Å². The van der Waals surface area contributed by atoms with E-state index in [1.54, 1.807) is 30.0 Å². The van der Waals surface area contributed by atoms with Gasteiger partial charge in [0, 0.05) is 43.8 Å². The zero-order valence-corrected chi connectivity index (χ0v) is 27.0. The molecule has 0 bridgehead atoms. The number of nitrogens with zero attached hydrogens (tertiary/aromatic N) is 6. The number of carbonyl (C=O) groups excluding carboxylic acids is 3. The van der Waals surface area contributed by atoms with Gasteiger partial charge < -0.3 is 26.0 Å². The molecule has 0 atom stereocenters. The van der Waals surface area contributed by atoms with Gasteiger partial charge in [0.1, 0.15) is 18.1 Å². The van der Waals surface area contributed by atoms with E-state index in [1.807, 2.05) is 15.7 Å². The van der Waals surface area contributed by atoms with Crippen molar-refractivity contribution in [2.24, 2.45) is 5.73 Å². The van der Waals surface area contributed by atoms with Crippen LogP contribution in [0, 0.1) is 6.92 Å². The van der Waals surface area contributed by atoms with Crippen molar-refractivity contribution >= 4 is 56.5 Å². The summed E-state index contributed by atoms with van der Waals surface area (Å²) in [6.45, 7) is 3.66. The number of hydrogen-bond acceptors (Lipinski definition) is 13. The minimum Gasteiger partial charge on any atom is -0.447 e. The third kappa shape index (κ3) is 7.66. The quantitative estimate of drug-likeness (QED) is 0.163. The first-order valence-electron chi connectivity index (χ1n) is 15.3. The third-order valence-electron chi connectivity index (χ3n) is 8.24. The number of ether oxygens (including phenoxy) is 1. The highest BCUT2D eigenvalue weighted by molar-refractivity contribution is 7.87. The van der Waals surface area contributed by atoms with Crippen LogP contribution < -0.4 is 31.5 Å². The van der Waals surface area contributed by atoms with Crippen LogP contribution in [0.15, 0.2) is 29.3 Å². The Bertz CT molecular complexity index is 1820. The maximum atomic E-state index is 13.5. The topological polar surface area (TPSA) is 224 Å². The molecule has 47 heavy (non-hydrogen) atoms. The van der Waals surface area contributed by atoms with E-state index in [9.17, 15) is 27.6 Å². The molecule has 1 saturated carbocycles. The predicted molar refractivity (Wildman–Crippen MR) is 173 cm³/mol. The fraction of sp³-hybridized carbons (Fsp3) is 0.483. The monoisotopic (exact) mass is 670 g/mol. The summed E-state index contributed by atoms with van der Waals surface area (Å²) in [5.41, 5.74) is 6.82. The van der Waals surface area contributed by atoms with Crippen molar-refractivity contribution in [3.8, 4) is 0 Å². The van der Waals surface area contributed by atoms with Gasteiger partial charge in [0.2, 0.25) is 11.9 Å². The first-order valence-corrected chi connectivity index (χ1v) is 16.7. The lowest BCUT2D eigenvalue weighted by Gasteiger charge is -2.34. The molecule has 0 spiro atoms. The van der Waals surface area contributed by atoms with E-state index >= 15 is 0 Å². The molecule has 5 rings (SSSR count). The van der Waals surface area contributed by atoms with Crippen molar-refractivity contribution in [1.29, 1.82) is 0 Å². The zero-order chi connectivity index (χ0) is 33.7. The summed E-state index contributed by atoms with van der Waals surface area (Å²) in [5.74, 6) is 0.0127. The van der Waals surface area contributed by atoms with Gasteiger partial charge in [-0.3, -0.25) is 19.0 Å². The number of hydrogen-bond donors (Lipinski definition) is 4. The summed E-state index contributed by atoms with van der Waals surface area (Å²) >= 11 is 0. The highest BCUT2D eigenvalue weighted by Gasteiger charge is 2.29. The van der Waals surface area contributed by atoms with Crippen LogP contribution in [0.2, 0.25) is 0 Å². The Morgan fingerprint density at radius 1 is 1.06 bits per heavy atom. The number of amides is 2. The minimum atomic E-state index is -4.13. The van der Waals surface area contributed by atoms with Gasteiger partial charge >= 0.3 is 16.3 Å². The summed E-state index contributed by atoms with van der Waals surface area (Å²) in [7, 11) is -4.13. The fourth-order valence-electron chi connectivity index (χ4n) is 5.86. The maximum Gasteiger partial charge on any atom is 0.421 e. The molecule has 1 aliphatic carbocycles. The van der Waals surface area contributed by atoms with Crippen LogP contribution in [0.1, 0.15) is 54.6 Å². The molecule has 1 saturated heterocycles. The Hall–Kier alpha value is -4.68. The largest absolute Gasteiger partial charge is 0.447 e. The van der Waals surface area contributed by atoms with E-state index in [0.717, 1.165) is 35.7 Å². The smallest absolute Gasteiger partial charge is 0.421 e. The van der Waals surface area contributed by atoms with Crippen molar-refractivity contribution in [3.05, 3.63) is 46.0 Å². The molecule has 4 heterocycles. The maximum absolute atomic E-state index is 13.5. The number of aromatic nitrogens is 4. The third-order valence-corrected chi connectivity index (χ3v) is 9.71. The van der Waals surface area contributed by atoms with Gasteiger partial charge in [0.05, 0.1) is 30.5 Å². The number of carbonyl (C=O) groups is 3. The Kier molecular flexibility index (Phi) is 10.3. The average molecular weight is 671 g/mol. The molecule has 2 amide bonds. The molecule has 252 valence electrons. The molecule has 5 N–H and O–H groups in total. The molecule has 3 aromatic rings. The van der Waals surface area contributed by atoms with Gasteiger partial charge in [-0.15, -0.1) is 0 Å². The lowest BCUT2D eigenvalue weighted by molar-refractivity contribution is -0.119. The Balaban J connectivity index is 1.21. The molecular formula is C29H38N10O7S. The lowest BCUT2D eigenvalue weighted by Crippen LogP contribution is -2.53. The fourth-order valence-corrected chi connectivity index (χ4v) is 6.91. The van der Waals surface area contributed by atoms with E-state index < -0.39 is 22.2 Å². The van der Waals surface area contributed by atoms with Crippen LogP contribution in [0.5, 0.6) is 0 Å². The first kappa shape index (κ1) is 33.7. The highest BCUT2D eigenvalue weighted by atomic mass is 32.2. The van der Waals surface area contributed by atoms with Crippen LogP contribution in [0.3, 0.4) is 0 Å². The summed E-state index contributed by atoms with van der Waals surface area (Å²) in [6.07, 6.45) is 5.81. The molecule has 18 heteroatoms. The molecular weight excluding hydrogens is 632 g/mol. The molecule has 17 nitrogen and oxygen atoms in total. The number of fused-ring (bicyclic) bond motifs is 1. The van der Waals surface area contributed by atoms with Gasteiger partial charge in [-0.05, 0) is 44.4 Å². The molecule has 3 aromatic heterocycles. The molecule has 2 fully saturated rings. The van der Waals surface area contributed by atoms with E-state index in [0.29, 0.717) is 35.5 Å². The van der Waals surface area contributed by atoms with Gasteiger partial charge in [0.15, 0.2) is 5.78 Å². The van der Waals surface area contributed by atoms with Crippen molar-refractivity contribution < 1.29 is 27.5 Å². The second-order valence-electron chi connectivity index (χ2n) is 11.3. The minimum absolute atomic E-state index is 0.00513. The second kappa shape index (κ2) is 14.4. The molecule has 0 aromatic carbocycles. The number of aryl methyl sites for hydroxylation is 1. The van der Waals surface area contributed by atoms with Crippen molar-refractivity contribution in [3.63, 3.8) is 0 Å². The number of nitrogens with two attached hydrogens (primary N) is 1. The van der Waals surface area contributed by atoms with Gasteiger partial charge in [-0.2, -0.15) is 17.7 Å². The number of piperazine rings is 1. The lowest BCUT2D eigenvalue weighted by atomic mass is 10.0. The summed E-state index contributed by atoms with van der Waals surface area (Å²) in [6, 6.07) is 3.54. The summed E-state index contributed by atoms with van der Waals surface area (Å²) < 4.78 is 34.8. The Morgan fingerprint density at radius 3 is 2.43 bits per heavy atom. The second-order valence-corrected chi connectivity index (χ2v) is 13.0. The first-order chi connectivity index (χ1) is 22.5. The van der Waals surface area contributed by atoms with Crippen molar-refractivity contribution in [2.75, 3.05) is 56.1 Å². The van der Waals surface area contributed by atoms with Crippen LogP contribution in [-0.4, -0.2) is 95.9 Å².